The molecule has 2 aromatic rings. The Bertz CT molecular complexity index is 509. The molecule has 0 amide bonds. The number of nitrogens with zero attached hydrogens (tertiary/aromatic N) is 6. The Morgan fingerprint density at radius 2 is 2.05 bits per heavy atom. The van der Waals surface area contributed by atoms with Gasteiger partial charge in [-0.25, -0.2) is 4.98 Å². The van der Waals surface area contributed by atoms with Gasteiger partial charge >= 0.3 is 0 Å². The third kappa shape index (κ3) is 3.36. The maximum Gasteiger partial charge on any atom is 0.258 e. The first-order chi connectivity index (χ1) is 9.22. The van der Waals surface area contributed by atoms with E-state index in [2.05, 4.69) is 49.5 Å². The minimum atomic E-state index is 0.434. The monoisotopic (exact) mass is 262 g/mol. The van der Waals surface area contributed by atoms with Gasteiger partial charge in [-0.15, -0.1) is 0 Å². The Morgan fingerprint density at radius 3 is 2.68 bits per heavy atom. The zero-order valence-corrected chi connectivity index (χ0v) is 11.3. The Hall–Kier alpha value is -2.25. The van der Waals surface area contributed by atoms with Gasteiger partial charge in [0.1, 0.15) is 12.7 Å². The van der Waals surface area contributed by atoms with E-state index in [0.717, 1.165) is 13.0 Å². The van der Waals surface area contributed by atoms with Crippen molar-refractivity contribution in [3.8, 4) is 5.95 Å². The fraction of sp³-hybridized carbons (Fsp3) is 0.545. The van der Waals surface area contributed by atoms with Crippen molar-refractivity contribution in [3.05, 3.63) is 12.7 Å². The van der Waals surface area contributed by atoms with Crippen LogP contribution in [-0.4, -0.2) is 43.3 Å². The van der Waals surface area contributed by atoms with Gasteiger partial charge in [0.2, 0.25) is 11.9 Å². The third-order valence-electron chi connectivity index (χ3n) is 2.78. The summed E-state index contributed by atoms with van der Waals surface area (Å²) in [6, 6.07) is 0. The highest BCUT2D eigenvalue weighted by atomic mass is 15.4. The molecule has 8 nitrogen and oxygen atoms in total. The Morgan fingerprint density at radius 1 is 1.26 bits per heavy atom. The van der Waals surface area contributed by atoms with Gasteiger partial charge in [-0.1, -0.05) is 20.3 Å². The van der Waals surface area contributed by atoms with Crippen molar-refractivity contribution in [1.29, 1.82) is 0 Å². The summed E-state index contributed by atoms with van der Waals surface area (Å²) in [6.07, 6.45) is 4.09. The maximum atomic E-state index is 4.32. The molecule has 102 valence electrons. The van der Waals surface area contributed by atoms with Crippen LogP contribution in [-0.2, 0) is 0 Å². The van der Waals surface area contributed by atoms with Gasteiger partial charge in [0.25, 0.3) is 5.95 Å². The van der Waals surface area contributed by atoms with Gasteiger partial charge in [-0.05, 0) is 5.92 Å². The lowest BCUT2D eigenvalue weighted by Crippen LogP contribution is -2.15. The molecule has 19 heavy (non-hydrogen) atoms. The van der Waals surface area contributed by atoms with Gasteiger partial charge in [0, 0.05) is 13.6 Å². The fourth-order valence-corrected chi connectivity index (χ4v) is 1.38. The number of rotatable bonds is 6. The van der Waals surface area contributed by atoms with Crippen LogP contribution in [0.4, 0.5) is 11.9 Å². The smallest absolute Gasteiger partial charge is 0.258 e. The van der Waals surface area contributed by atoms with Gasteiger partial charge in [0.15, 0.2) is 0 Å². The fourth-order valence-electron chi connectivity index (χ4n) is 1.38. The van der Waals surface area contributed by atoms with Gasteiger partial charge < -0.3 is 10.6 Å². The summed E-state index contributed by atoms with van der Waals surface area (Å²) < 4.78 is 1.50. The van der Waals surface area contributed by atoms with Gasteiger partial charge in [-0.3, -0.25) is 0 Å². The summed E-state index contributed by atoms with van der Waals surface area (Å²) in [5.41, 5.74) is 0. The quantitative estimate of drug-likeness (QED) is 0.800. The minimum Gasteiger partial charge on any atom is -0.357 e. The highest BCUT2D eigenvalue weighted by molar-refractivity contribution is 5.37. The second-order valence-electron chi connectivity index (χ2n) is 4.27. The van der Waals surface area contributed by atoms with Crippen molar-refractivity contribution in [2.45, 2.75) is 20.3 Å². The summed E-state index contributed by atoms with van der Waals surface area (Å²) in [7, 11) is 1.76. The number of anilines is 2. The second-order valence-corrected chi connectivity index (χ2v) is 4.27. The van der Waals surface area contributed by atoms with E-state index in [0.29, 0.717) is 23.8 Å². The van der Waals surface area contributed by atoms with Crippen LogP contribution in [0.1, 0.15) is 20.3 Å². The maximum absolute atomic E-state index is 4.32. The first kappa shape index (κ1) is 13.2. The lowest BCUT2D eigenvalue weighted by molar-refractivity contribution is 0.590. The van der Waals surface area contributed by atoms with Crippen molar-refractivity contribution >= 4 is 11.9 Å². The van der Waals surface area contributed by atoms with Crippen molar-refractivity contribution in [3.63, 3.8) is 0 Å². The molecule has 0 radical (unpaired) electrons. The molecule has 0 aliphatic heterocycles. The van der Waals surface area contributed by atoms with Gasteiger partial charge in [0.05, 0.1) is 0 Å². The van der Waals surface area contributed by atoms with E-state index in [9.17, 15) is 0 Å². The summed E-state index contributed by atoms with van der Waals surface area (Å²) in [4.78, 5) is 16.7. The summed E-state index contributed by atoms with van der Waals surface area (Å²) >= 11 is 0. The topological polar surface area (TPSA) is 93.4 Å². The van der Waals surface area contributed by atoms with E-state index < -0.39 is 0 Å². The Kier molecular flexibility index (Phi) is 4.22. The molecule has 2 heterocycles. The van der Waals surface area contributed by atoms with E-state index >= 15 is 0 Å². The first-order valence-corrected chi connectivity index (χ1v) is 6.25. The van der Waals surface area contributed by atoms with E-state index in [4.69, 9.17) is 0 Å². The highest BCUT2D eigenvalue weighted by Crippen LogP contribution is 2.09. The standard InChI is InChI=1S/C11H18N8/c1-4-8(2)5-14-10-16-9(12-3)17-11(18-10)19-7-13-6-15-19/h6-8H,4-5H2,1-3H3,(H2,12,14,16,17,18). The Balaban J connectivity index is 2.21. The average Bonchev–Trinajstić information content (AvgIpc) is 2.98. The molecular weight excluding hydrogens is 244 g/mol. The second kappa shape index (κ2) is 6.07. The molecule has 0 aliphatic carbocycles. The molecule has 0 spiro atoms. The number of nitrogens with one attached hydrogen (secondary N) is 2. The predicted molar refractivity (Wildman–Crippen MR) is 72.2 cm³/mol. The molecule has 0 saturated heterocycles. The van der Waals surface area contributed by atoms with Crippen molar-refractivity contribution in [2.75, 3.05) is 24.2 Å². The van der Waals surface area contributed by atoms with Crippen molar-refractivity contribution in [1.82, 2.24) is 29.7 Å². The van der Waals surface area contributed by atoms with Crippen LogP contribution in [0.5, 0.6) is 0 Å². The number of aromatic nitrogens is 6. The van der Waals surface area contributed by atoms with E-state index in [1.807, 2.05) is 0 Å². The van der Waals surface area contributed by atoms with Gasteiger partial charge in [-0.2, -0.15) is 24.7 Å². The lowest BCUT2D eigenvalue weighted by Gasteiger charge is -2.11. The molecule has 0 aromatic carbocycles. The van der Waals surface area contributed by atoms with Crippen LogP contribution in [0.15, 0.2) is 12.7 Å². The third-order valence-corrected chi connectivity index (χ3v) is 2.78. The van der Waals surface area contributed by atoms with Crippen LogP contribution in [0.2, 0.25) is 0 Å². The number of hydrogen-bond acceptors (Lipinski definition) is 7. The molecule has 1 atom stereocenters. The van der Waals surface area contributed by atoms with Crippen LogP contribution < -0.4 is 10.6 Å². The zero-order chi connectivity index (χ0) is 13.7. The Labute approximate surface area is 111 Å². The summed E-state index contributed by atoms with van der Waals surface area (Å²) in [5, 5.41) is 10.1. The average molecular weight is 262 g/mol. The van der Waals surface area contributed by atoms with Crippen molar-refractivity contribution < 1.29 is 0 Å². The van der Waals surface area contributed by atoms with Crippen LogP contribution in [0.3, 0.4) is 0 Å². The minimum absolute atomic E-state index is 0.434. The SMILES string of the molecule is CCC(C)CNc1nc(NC)nc(-n2cncn2)n1. The van der Waals surface area contributed by atoms with Crippen LogP contribution >= 0.6 is 0 Å². The first-order valence-electron chi connectivity index (χ1n) is 6.25. The molecule has 0 aliphatic rings. The molecule has 2 N–H and O–H groups in total. The number of hydrogen-bond donors (Lipinski definition) is 2. The van der Waals surface area contributed by atoms with Crippen LogP contribution in [0.25, 0.3) is 5.95 Å². The molecule has 0 fully saturated rings. The van der Waals surface area contributed by atoms with E-state index in [-0.39, 0.29) is 0 Å². The zero-order valence-electron chi connectivity index (χ0n) is 11.3. The van der Waals surface area contributed by atoms with Crippen molar-refractivity contribution in [2.24, 2.45) is 5.92 Å². The highest BCUT2D eigenvalue weighted by Gasteiger charge is 2.08. The molecule has 0 saturated carbocycles. The molecule has 1 unspecified atom stereocenters. The summed E-state index contributed by atoms with van der Waals surface area (Å²) in [5.74, 6) is 2.02. The van der Waals surface area contributed by atoms with Crippen LogP contribution in [0, 0.1) is 5.92 Å². The lowest BCUT2D eigenvalue weighted by atomic mass is 10.1. The molecule has 2 aromatic heterocycles. The normalized spacial score (nSPS) is 12.2. The molecule has 8 heteroatoms. The molecular formula is C11H18N8. The van der Waals surface area contributed by atoms with E-state index in [1.54, 1.807) is 13.4 Å². The largest absolute Gasteiger partial charge is 0.357 e. The predicted octanol–water partition coefficient (Wildman–Crippen LogP) is 0.952. The molecule has 2 rings (SSSR count). The summed E-state index contributed by atoms with van der Waals surface area (Å²) in [6.45, 7) is 5.14. The molecule has 0 bridgehead atoms. The van der Waals surface area contributed by atoms with E-state index in [1.165, 1.54) is 11.0 Å².